The number of hydrogen-bond acceptors (Lipinski definition) is 2. The maximum Gasteiger partial charge on any atom is 0.124 e. The second-order valence-corrected chi connectivity index (χ2v) is 5.48. The van der Waals surface area contributed by atoms with Crippen LogP contribution in [0.15, 0.2) is 18.2 Å². The van der Waals surface area contributed by atoms with Crippen molar-refractivity contribution in [3.05, 3.63) is 35.1 Å². The predicted octanol–water partition coefficient (Wildman–Crippen LogP) is 2.90. The molecule has 2 rings (SSSR count). The van der Waals surface area contributed by atoms with Crippen LogP contribution in [0.3, 0.4) is 0 Å². The first-order chi connectivity index (χ1) is 9.70. The summed E-state index contributed by atoms with van der Waals surface area (Å²) >= 11 is 0. The lowest BCUT2D eigenvalue weighted by Crippen LogP contribution is -2.32. The molecule has 1 heterocycles. The Morgan fingerprint density at radius 2 is 2.20 bits per heavy atom. The summed E-state index contributed by atoms with van der Waals surface area (Å²) in [6, 6.07) is 5.47. The van der Waals surface area contributed by atoms with Crippen molar-refractivity contribution in [1.29, 1.82) is 0 Å². The molecule has 1 saturated heterocycles. The minimum atomic E-state index is -0.237. The third-order valence-corrected chi connectivity index (χ3v) is 3.96. The van der Waals surface area contributed by atoms with E-state index in [1.807, 2.05) is 6.07 Å². The highest BCUT2D eigenvalue weighted by Crippen LogP contribution is 2.20. The molecule has 1 fully saturated rings. The smallest absolute Gasteiger partial charge is 0.124 e. The third-order valence-electron chi connectivity index (χ3n) is 3.96. The summed E-state index contributed by atoms with van der Waals surface area (Å²) in [5.74, 6) is 5.58. The Balaban J connectivity index is 2.18. The third kappa shape index (κ3) is 4.06. The van der Waals surface area contributed by atoms with Gasteiger partial charge in [-0.25, -0.2) is 4.39 Å². The number of hydrogen-bond donors (Lipinski definition) is 1. The van der Waals surface area contributed by atoms with Crippen molar-refractivity contribution in [1.82, 2.24) is 4.90 Å². The van der Waals surface area contributed by atoms with Crippen LogP contribution in [-0.4, -0.2) is 24.0 Å². The molecule has 3 heteroatoms. The Labute approximate surface area is 121 Å². The van der Waals surface area contributed by atoms with Gasteiger partial charge in [-0.2, -0.15) is 0 Å². The Morgan fingerprint density at radius 1 is 1.35 bits per heavy atom. The molecule has 1 aliphatic heterocycles. The van der Waals surface area contributed by atoms with Crippen LogP contribution in [0.25, 0.3) is 0 Å². The molecule has 0 aromatic heterocycles. The molecule has 1 unspecified atom stereocenters. The summed E-state index contributed by atoms with van der Waals surface area (Å²) < 4.78 is 13.4. The van der Waals surface area contributed by atoms with E-state index in [-0.39, 0.29) is 5.82 Å². The number of halogens is 1. The summed E-state index contributed by atoms with van der Waals surface area (Å²) in [6.45, 7) is 4.54. The van der Waals surface area contributed by atoms with Gasteiger partial charge in [0, 0.05) is 18.2 Å². The van der Waals surface area contributed by atoms with E-state index in [2.05, 4.69) is 23.7 Å². The second-order valence-electron chi connectivity index (χ2n) is 5.48. The lowest BCUT2D eigenvalue weighted by atomic mass is 10.1. The van der Waals surface area contributed by atoms with Gasteiger partial charge in [-0.1, -0.05) is 30.7 Å². The molecule has 1 atom stereocenters. The molecular weight excluding hydrogens is 251 g/mol. The highest BCUT2D eigenvalue weighted by molar-refractivity contribution is 5.42. The average molecular weight is 274 g/mol. The van der Waals surface area contributed by atoms with E-state index in [4.69, 9.17) is 5.73 Å². The summed E-state index contributed by atoms with van der Waals surface area (Å²) in [6.07, 6.45) is 5.10. The van der Waals surface area contributed by atoms with Crippen LogP contribution >= 0.6 is 0 Å². The van der Waals surface area contributed by atoms with Crippen LogP contribution in [0, 0.1) is 17.7 Å². The van der Waals surface area contributed by atoms with E-state index in [9.17, 15) is 4.39 Å². The zero-order chi connectivity index (χ0) is 14.4. The lowest BCUT2D eigenvalue weighted by molar-refractivity contribution is 0.204. The van der Waals surface area contributed by atoms with Crippen LogP contribution < -0.4 is 5.73 Å². The largest absolute Gasteiger partial charge is 0.320 e. The van der Waals surface area contributed by atoms with E-state index in [0.29, 0.717) is 12.6 Å². The topological polar surface area (TPSA) is 29.3 Å². The highest BCUT2D eigenvalue weighted by atomic mass is 19.1. The first-order valence-electron chi connectivity index (χ1n) is 7.42. The van der Waals surface area contributed by atoms with Crippen LogP contribution in [0.4, 0.5) is 4.39 Å². The Bertz CT molecular complexity index is 501. The van der Waals surface area contributed by atoms with Gasteiger partial charge in [0.15, 0.2) is 0 Å². The van der Waals surface area contributed by atoms with Gasteiger partial charge in [0.25, 0.3) is 0 Å². The van der Waals surface area contributed by atoms with Gasteiger partial charge in [0.1, 0.15) is 5.82 Å². The summed E-state index contributed by atoms with van der Waals surface area (Å²) in [5.41, 5.74) is 7.28. The fraction of sp³-hybridized carbons (Fsp3) is 0.529. The van der Waals surface area contributed by atoms with E-state index >= 15 is 0 Å². The van der Waals surface area contributed by atoms with Crippen molar-refractivity contribution in [3.63, 3.8) is 0 Å². The predicted molar refractivity (Wildman–Crippen MR) is 80.7 cm³/mol. The average Bonchev–Trinajstić information content (AvgIpc) is 2.64. The number of rotatable bonds is 2. The minimum absolute atomic E-state index is 0.237. The molecule has 20 heavy (non-hydrogen) atoms. The SMILES string of the molecule is CC1CCCCCN1Cc1ccc(F)cc1C#CCN. The molecule has 0 radical (unpaired) electrons. The molecule has 1 aromatic rings. The van der Waals surface area contributed by atoms with Crippen LogP contribution in [0.1, 0.15) is 43.7 Å². The van der Waals surface area contributed by atoms with Gasteiger partial charge in [0.05, 0.1) is 6.54 Å². The van der Waals surface area contributed by atoms with E-state index in [1.54, 1.807) is 0 Å². The number of likely N-dealkylation sites (tertiary alicyclic amines) is 1. The molecule has 2 nitrogen and oxygen atoms in total. The molecule has 0 spiro atoms. The van der Waals surface area contributed by atoms with Crippen LogP contribution in [0.2, 0.25) is 0 Å². The second kappa shape index (κ2) is 7.42. The molecule has 0 aliphatic carbocycles. The zero-order valence-electron chi connectivity index (χ0n) is 12.2. The van der Waals surface area contributed by atoms with E-state index in [0.717, 1.165) is 24.2 Å². The van der Waals surface area contributed by atoms with Crippen molar-refractivity contribution < 1.29 is 4.39 Å². The first-order valence-corrected chi connectivity index (χ1v) is 7.42. The monoisotopic (exact) mass is 274 g/mol. The fourth-order valence-electron chi connectivity index (χ4n) is 2.74. The van der Waals surface area contributed by atoms with Gasteiger partial charge >= 0.3 is 0 Å². The maximum atomic E-state index is 13.4. The van der Waals surface area contributed by atoms with Crippen molar-refractivity contribution in [2.75, 3.05) is 13.1 Å². The summed E-state index contributed by atoms with van der Waals surface area (Å²) in [7, 11) is 0. The van der Waals surface area contributed by atoms with Gasteiger partial charge in [-0.05, 0) is 44.0 Å². The number of nitrogens with zero attached hydrogens (tertiary/aromatic N) is 1. The Morgan fingerprint density at radius 3 is 3.00 bits per heavy atom. The van der Waals surface area contributed by atoms with Gasteiger partial charge < -0.3 is 5.73 Å². The molecule has 108 valence electrons. The molecule has 0 amide bonds. The molecular formula is C17H23FN2. The summed E-state index contributed by atoms with van der Waals surface area (Å²) in [4.78, 5) is 2.48. The fourth-order valence-corrected chi connectivity index (χ4v) is 2.74. The highest BCUT2D eigenvalue weighted by Gasteiger charge is 2.18. The zero-order valence-corrected chi connectivity index (χ0v) is 12.2. The number of nitrogens with two attached hydrogens (primary N) is 1. The van der Waals surface area contributed by atoms with Crippen LogP contribution in [-0.2, 0) is 6.54 Å². The van der Waals surface area contributed by atoms with E-state index in [1.165, 1.54) is 37.8 Å². The van der Waals surface area contributed by atoms with Crippen molar-refractivity contribution >= 4 is 0 Å². The van der Waals surface area contributed by atoms with E-state index < -0.39 is 0 Å². The van der Waals surface area contributed by atoms with Crippen molar-refractivity contribution in [2.45, 2.75) is 45.2 Å². The molecule has 0 bridgehead atoms. The normalized spacial score (nSPS) is 20.1. The quantitative estimate of drug-likeness (QED) is 0.840. The summed E-state index contributed by atoms with van der Waals surface area (Å²) in [5, 5.41) is 0. The molecule has 2 N–H and O–H groups in total. The Hall–Kier alpha value is -1.37. The van der Waals surface area contributed by atoms with Gasteiger partial charge in [-0.15, -0.1) is 0 Å². The van der Waals surface area contributed by atoms with Crippen LogP contribution in [0.5, 0.6) is 0 Å². The van der Waals surface area contributed by atoms with Crippen molar-refractivity contribution in [2.24, 2.45) is 5.73 Å². The maximum absolute atomic E-state index is 13.4. The minimum Gasteiger partial charge on any atom is -0.320 e. The molecule has 0 saturated carbocycles. The van der Waals surface area contributed by atoms with Gasteiger partial charge in [0.2, 0.25) is 0 Å². The lowest BCUT2D eigenvalue weighted by Gasteiger charge is -2.27. The first kappa shape index (κ1) is 15.0. The van der Waals surface area contributed by atoms with Gasteiger partial charge in [-0.3, -0.25) is 4.90 Å². The molecule has 1 aliphatic rings. The van der Waals surface area contributed by atoms with Crippen molar-refractivity contribution in [3.8, 4) is 11.8 Å². The molecule has 1 aromatic carbocycles. The Kier molecular flexibility index (Phi) is 5.58. The number of benzene rings is 1. The standard InChI is InChI=1S/C17H23FN2/c1-14-6-3-2-4-11-20(14)13-16-8-9-17(18)12-15(16)7-5-10-19/h8-9,12,14H,2-4,6,10-11,13,19H2,1H3.